The van der Waals surface area contributed by atoms with Gasteiger partial charge in [-0.15, -0.1) is 0 Å². The van der Waals surface area contributed by atoms with Crippen LogP contribution in [0.4, 0.5) is 5.69 Å². The van der Waals surface area contributed by atoms with Gasteiger partial charge in [0.05, 0.1) is 31.2 Å². The molecule has 1 fully saturated rings. The second kappa shape index (κ2) is 12.7. The number of aromatic nitrogens is 2. The highest BCUT2D eigenvalue weighted by molar-refractivity contribution is 7.80. The summed E-state index contributed by atoms with van der Waals surface area (Å²) >= 11 is 10.6. The van der Waals surface area contributed by atoms with Crippen molar-refractivity contribution >= 4 is 53.1 Å². The second-order valence-electron chi connectivity index (χ2n) is 8.73. The summed E-state index contributed by atoms with van der Waals surface area (Å²) in [5.41, 5.74) is 1.21. The number of rotatable bonds is 8. The highest BCUT2D eigenvalue weighted by atomic mass is 32.1. The molecule has 2 heterocycles. The van der Waals surface area contributed by atoms with Gasteiger partial charge in [-0.1, -0.05) is 36.5 Å². The van der Waals surface area contributed by atoms with Crippen molar-refractivity contribution in [3.05, 3.63) is 104 Å². The minimum atomic E-state index is -0.716. The molecule has 0 spiro atoms. The van der Waals surface area contributed by atoms with Crippen molar-refractivity contribution in [1.29, 1.82) is 0 Å². The van der Waals surface area contributed by atoms with Gasteiger partial charge in [0, 0.05) is 17.8 Å². The fourth-order valence-electron chi connectivity index (χ4n) is 4.08. The number of thiocarbonyl (C=S) groups is 1. The molecule has 41 heavy (non-hydrogen) atoms. The van der Waals surface area contributed by atoms with E-state index in [1.165, 1.54) is 35.8 Å². The number of benzene rings is 2. The molecule has 1 aliphatic heterocycles. The minimum absolute atomic E-state index is 0.0510. The van der Waals surface area contributed by atoms with Crippen LogP contribution in [0.15, 0.2) is 82.7 Å². The summed E-state index contributed by atoms with van der Waals surface area (Å²) in [6.45, 7) is 0.998. The Kier molecular flexibility index (Phi) is 9.07. The van der Waals surface area contributed by atoms with E-state index in [1.807, 2.05) is 0 Å². The SMILES string of the molecule is COc1cccc(N2C(=O)/C(=C/C=C(C)/C=C/c3c(C[O-])n(-c4cccc(OC)c4)c(=S)[nH]c3=O)C(=O)NC2=S)c1. The van der Waals surface area contributed by atoms with Crippen LogP contribution in [-0.2, 0) is 16.2 Å². The molecule has 0 atom stereocenters. The Morgan fingerprint density at radius 2 is 1.63 bits per heavy atom. The topological polar surface area (TPSA) is 129 Å². The average molecular weight is 590 g/mol. The zero-order valence-corrected chi connectivity index (χ0v) is 23.9. The van der Waals surface area contributed by atoms with Crippen LogP contribution in [0.2, 0.25) is 0 Å². The number of ether oxygens (including phenoxy) is 2. The molecule has 0 bridgehead atoms. The lowest BCUT2D eigenvalue weighted by Gasteiger charge is -2.28. The van der Waals surface area contributed by atoms with Crippen LogP contribution in [0.3, 0.4) is 0 Å². The number of carbonyl (C=O) groups excluding carboxylic acids is 2. The first-order valence-corrected chi connectivity index (χ1v) is 13.0. The van der Waals surface area contributed by atoms with E-state index in [9.17, 15) is 19.5 Å². The zero-order chi connectivity index (χ0) is 29.7. The van der Waals surface area contributed by atoms with Gasteiger partial charge in [-0.3, -0.25) is 34.2 Å². The van der Waals surface area contributed by atoms with Crippen LogP contribution in [0, 0.1) is 4.77 Å². The molecule has 12 heteroatoms. The Labute approximate surface area is 245 Å². The van der Waals surface area contributed by atoms with Crippen LogP contribution in [0.1, 0.15) is 18.2 Å². The molecule has 0 saturated carbocycles. The number of aromatic amines is 1. The van der Waals surface area contributed by atoms with E-state index in [0.717, 1.165) is 0 Å². The lowest BCUT2D eigenvalue weighted by molar-refractivity contribution is -0.387. The van der Waals surface area contributed by atoms with E-state index in [0.29, 0.717) is 28.4 Å². The normalized spacial score (nSPS) is 15.0. The van der Waals surface area contributed by atoms with E-state index in [-0.39, 0.29) is 26.7 Å². The van der Waals surface area contributed by atoms with Crippen molar-refractivity contribution in [1.82, 2.24) is 14.9 Å². The Hall–Kier alpha value is -4.65. The number of methoxy groups -OCH3 is 2. The first-order valence-electron chi connectivity index (χ1n) is 12.2. The number of anilines is 1. The quantitative estimate of drug-likeness (QED) is 0.178. The van der Waals surface area contributed by atoms with Crippen LogP contribution in [-0.4, -0.2) is 40.7 Å². The van der Waals surface area contributed by atoms with Gasteiger partial charge in [0.15, 0.2) is 9.88 Å². The number of hydrogen-bond acceptors (Lipinski definition) is 8. The van der Waals surface area contributed by atoms with Gasteiger partial charge in [-0.2, -0.15) is 0 Å². The van der Waals surface area contributed by atoms with Gasteiger partial charge < -0.3 is 14.6 Å². The largest absolute Gasteiger partial charge is 0.850 e. The van der Waals surface area contributed by atoms with Gasteiger partial charge >= 0.3 is 0 Å². The summed E-state index contributed by atoms with van der Waals surface area (Å²) in [4.78, 5) is 42.4. The molecule has 10 nitrogen and oxygen atoms in total. The fraction of sp³-hybridized carbons (Fsp3) is 0.138. The van der Waals surface area contributed by atoms with E-state index in [1.54, 1.807) is 67.6 Å². The molecule has 2 amide bonds. The number of H-pyrrole nitrogens is 1. The molecule has 4 rings (SSSR count). The van der Waals surface area contributed by atoms with Crippen molar-refractivity contribution in [2.24, 2.45) is 0 Å². The lowest BCUT2D eigenvalue weighted by Crippen LogP contribution is -2.54. The Bertz CT molecular complexity index is 1750. The molecule has 0 radical (unpaired) electrons. The third kappa shape index (κ3) is 6.24. The number of allylic oxidation sites excluding steroid dienone is 4. The standard InChI is InChI=1S/C29H25N4O6S2/c1-17(11-13-23-26(36)31-29(41)33(27(23)37)19-7-5-9-21(15-19)39-3)10-12-22-24(16-34)32(28(40)30-25(22)35)18-6-4-8-20(14-18)38-2/h4-15H,16H2,1-3H3,(H,30,35,40)(H,31,36,41)/q-1/b12-10+,17-11+,23-13+. The molecule has 3 aromatic rings. The Morgan fingerprint density at radius 1 is 1.00 bits per heavy atom. The predicted molar refractivity (Wildman–Crippen MR) is 160 cm³/mol. The Balaban J connectivity index is 1.67. The maximum absolute atomic E-state index is 13.2. The Morgan fingerprint density at radius 3 is 2.27 bits per heavy atom. The highest BCUT2D eigenvalue weighted by Gasteiger charge is 2.34. The van der Waals surface area contributed by atoms with Crippen LogP contribution >= 0.6 is 24.4 Å². The predicted octanol–water partition coefficient (Wildman–Crippen LogP) is 3.11. The van der Waals surface area contributed by atoms with Crippen molar-refractivity contribution in [3.8, 4) is 17.2 Å². The van der Waals surface area contributed by atoms with E-state index in [4.69, 9.17) is 33.9 Å². The fourth-order valence-corrected chi connectivity index (χ4v) is 4.67. The van der Waals surface area contributed by atoms with Crippen LogP contribution in [0.25, 0.3) is 11.8 Å². The molecule has 1 saturated heterocycles. The molecular weight excluding hydrogens is 564 g/mol. The second-order valence-corrected chi connectivity index (χ2v) is 9.50. The molecule has 1 aliphatic rings. The summed E-state index contributed by atoms with van der Waals surface area (Å²) in [7, 11) is 3.02. The minimum Gasteiger partial charge on any atom is -0.850 e. The number of nitrogens with one attached hydrogen (secondary N) is 2. The van der Waals surface area contributed by atoms with E-state index >= 15 is 0 Å². The number of nitrogens with zero attached hydrogens (tertiary/aromatic N) is 2. The molecule has 0 aliphatic carbocycles. The number of carbonyl (C=O) groups is 2. The highest BCUT2D eigenvalue weighted by Crippen LogP contribution is 2.25. The summed E-state index contributed by atoms with van der Waals surface area (Å²) in [6, 6.07) is 13.7. The van der Waals surface area contributed by atoms with E-state index in [2.05, 4.69) is 10.3 Å². The van der Waals surface area contributed by atoms with Gasteiger partial charge in [-0.05, 0) is 67.8 Å². The first kappa shape index (κ1) is 29.3. The molecule has 1 aromatic heterocycles. The van der Waals surface area contributed by atoms with Gasteiger partial charge in [-0.25, -0.2) is 0 Å². The number of hydrogen-bond donors (Lipinski definition) is 2. The monoisotopic (exact) mass is 589 g/mol. The third-order valence-electron chi connectivity index (χ3n) is 6.14. The molecular formula is C29H25N4O6S2-. The van der Waals surface area contributed by atoms with Crippen LogP contribution < -0.4 is 30.4 Å². The summed E-state index contributed by atoms with van der Waals surface area (Å²) in [5.74, 6) is -0.169. The lowest BCUT2D eigenvalue weighted by atomic mass is 10.1. The van der Waals surface area contributed by atoms with Crippen molar-refractivity contribution < 1.29 is 24.2 Å². The van der Waals surface area contributed by atoms with Gasteiger partial charge in [0.25, 0.3) is 17.4 Å². The average Bonchev–Trinajstić information content (AvgIpc) is 2.96. The van der Waals surface area contributed by atoms with E-state index < -0.39 is 24.0 Å². The number of amides is 2. The van der Waals surface area contributed by atoms with Gasteiger partial charge in [0.1, 0.15) is 17.1 Å². The zero-order valence-electron chi connectivity index (χ0n) is 22.3. The molecule has 0 unspecified atom stereocenters. The maximum atomic E-state index is 13.2. The molecule has 2 aromatic carbocycles. The van der Waals surface area contributed by atoms with Crippen molar-refractivity contribution in [2.75, 3.05) is 19.1 Å². The van der Waals surface area contributed by atoms with Gasteiger partial charge in [0.2, 0.25) is 0 Å². The summed E-state index contributed by atoms with van der Waals surface area (Å²) < 4.78 is 12.1. The van der Waals surface area contributed by atoms with Crippen molar-refractivity contribution in [3.63, 3.8) is 0 Å². The maximum Gasteiger partial charge on any atom is 0.270 e. The van der Waals surface area contributed by atoms with Crippen molar-refractivity contribution in [2.45, 2.75) is 13.5 Å². The third-order valence-corrected chi connectivity index (χ3v) is 6.71. The summed E-state index contributed by atoms with van der Waals surface area (Å²) in [5, 5.41) is 14.7. The molecule has 210 valence electrons. The molecule has 2 N–H and O–H groups in total. The first-order chi connectivity index (χ1) is 19.7. The van der Waals surface area contributed by atoms with Crippen LogP contribution in [0.5, 0.6) is 11.5 Å². The summed E-state index contributed by atoms with van der Waals surface area (Å²) in [6.07, 6.45) is 6.00. The smallest absolute Gasteiger partial charge is 0.270 e.